The molecule has 126 valence electrons. The summed E-state index contributed by atoms with van der Waals surface area (Å²) in [5.74, 6) is 5.63. The van der Waals surface area contributed by atoms with Crippen molar-refractivity contribution in [1.82, 2.24) is 0 Å². The molecule has 5 nitrogen and oxygen atoms in total. The van der Waals surface area contributed by atoms with Crippen molar-refractivity contribution in [2.24, 2.45) is 5.84 Å². The Morgan fingerprint density at radius 1 is 1.04 bits per heavy atom. The van der Waals surface area contributed by atoms with Crippen LogP contribution in [0, 0.1) is 0 Å². The Bertz CT molecular complexity index is 889. The molecule has 2 N–H and O–H groups in total. The third-order valence-corrected chi connectivity index (χ3v) is 4.43. The quantitative estimate of drug-likeness (QED) is 0.254. The van der Waals surface area contributed by atoms with Crippen LogP contribution >= 0.6 is 11.3 Å². The summed E-state index contributed by atoms with van der Waals surface area (Å²) in [5, 5.41) is 3.11. The monoisotopic (exact) mass is 352 g/mol. The Labute approximate surface area is 149 Å². The van der Waals surface area contributed by atoms with Crippen molar-refractivity contribution in [3.63, 3.8) is 0 Å². The topological polar surface area (TPSA) is 72.6 Å². The normalized spacial score (nSPS) is 10.3. The van der Waals surface area contributed by atoms with Crippen molar-refractivity contribution in [2.45, 2.75) is 6.92 Å². The van der Waals surface area contributed by atoms with Gasteiger partial charge in [0, 0.05) is 17.4 Å². The third kappa shape index (κ3) is 3.93. The van der Waals surface area contributed by atoms with E-state index in [0.29, 0.717) is 17.0 Å². The lowest BCUT2D eigenvalue weighted by Gasteiger charge is -2.17. The lowest BCUT2D eigenvalue weighted by Crippen LogP contribution is -2.37. The minimum atomic E-state index is -0.412. The first-order valence-electron chi connectivity index (χ1n) is 7.56. The molecule has 0 saturated carbocycles. The van der Waals surface area contributed by atoms with E-state index in [4.69, 9.17) is 10.6 Å². The maximum absolute atomic E-state index is 12.6. The maximum Gasteiger partial charge on any atom is 0.308 e. The van der Waals surface area contributed by atoms with Gasteiger partial charge in [0.15, 0.2) is 0 Å². The zero-order valence-electron chi connectivity index (χ0n) is 13.5. The van der Waals surface area contributed by atoms with Gasteiger partial charge in [0.2, 0.25) is 0 Å². The average molecular weight is 352 g/mol. The van der Waals surface area contributed by atoms with E-state index in [1.807, 2.05) is 35.7 Å². The second kappa shape index (κ2) is 7.29. The molecule has 25 heavy (non-hydrogen) atoms. The van der Waals surface area contributed by atoms with E-state index in [-0.39, 0.29) is 5.91 Å². The number of thiophene rings is 1. The van der Waals surface area contributed by atoms with Crippen LogP contribution < -0.4 is 15.6 Å². The van der Waals surface area contributed by atoms with E-state index < -0.39 is 5.97 Å². The predicted octanol–water partition coefficient (Wildman–Crippen LogP) is 3.86. The number of ether oxygens (including phenoxy) is 1. The number of nitrogens with two attached hydrogens (primary N) is 1. The van der Waals surface area contributed by atoms with Crippen LogP contribution in [0.4, 0.5) is 5.69 Å². The number of nitrogens with zero attached hydrogens (tertiary/aromatic N) is 1. The Morgan fingerprint density at radius 2 is 1.80 bits per heavy atom. The molecule has 2 aromatic carbocycles. The van der Waals surface area contributed by atoms with Gasteiger partial charge >= 0.3 is 5.97 Å². The minimum absolute atomic E-state index is 0.349. The average Bonchev–Trinajstić information content (AvgIpc) is 3.15. The Hall–Kier alpha value is -2.96. The fraction of sp³-hybridized carbons (Fsp3) is 0.0526. The molecule has 1 heterocycles. The van der Waals surface area contributed by atoms with Gasteiger partial charge in [0.25, 0.3) is 5.91 Å². The van der Waals surface area contributed by atoms with Crippen LogP contribution in [0.15, 0.2) is 66.0 Å². The molecule has 0 spiro atoms. The molecule has 0 aliphatic rings. The molecule has 0 radical (unpaired) electrons. The molecule has 1 aromatic heterocycles. The van der Waals surface area contributed by atoms with Crippen molar-refractivity contribution >= 4 is 28.9 Å². The highest BCUT2D eigenvalue weighted by atomic mass is 32.1. The van der Waals surface area contributed by atoms with Gasteiger partial charge in [-0.3, -0.25) is 9.59 Å². The number of hydrazine groups is 1. The minimum Gasteiger partial charge on any atom is -0.427 e. The second-order valence-corrected chi connectivity index (χ2v) is 6.27. The molecule has 6 heteroatoms. The lowest BCUT2D eigenvalue weighted by atomic mass is 10.1. The summed E-state index contributed by atoms with van der Waals surface area (Å²) in [6.07, 6.45) is 0. The number of esters is 1. The summed E-state index contributed by atoms with van der Waals surface area (Å²) in [7, 11) is 0. The highest BCUT2D eigenvalue weighted by Gasteiger charge is 2.15. The van der Waals surface area contributed by atoms with Crippen LogP contribution in [-0.2, 0) is 4.79 Å². The molecule has 3 aromatic rings. The molecule has 0 bridgehead atoms. The first-order valence-corrected chi connectivity index (χ1v) is 8.44. The van der Waals surface area contributed by atoms with E-state index >= 15 is 0 Å². The largest absolute Gasteiger partial charge is 0.427 e. The van der Waals surface area contributed by atoms with Crippen LogP contribution in [0.2, 0.25) is 0 Å². The zero-order chi connectivity index (χ0) is 17.8. The highest BCUT2D eigenvalue weighted by molar-refractivity contribution is 7.13. The van der Waals surface area contributed by atoms with Gasteiger partial charge in [-0.25, -0.2) is 10.9 Å². The summed E-state index contributed by atoms with van der Waals surface area (Å²) in [4.78, 5) is 24.6. The van der Waals surface area contributed by atoms with Crippen LogP contribution in [0.5, 0.6) is 5.75 Å². The number of amides is 1. The molecular weight excluding hydrogens is 336 g/mol. The van der Waals surface area contributed by atoms with Gasteiger partial charge < -0.3 is 4.74 Å². The standard InChI is InChI=1S/C19H16N2O3S/c1-13(22)24-17-9-7-14(8-10-17)19(23)21(20)16-5-2-4-15(12-16)18-6-3-11-25-18/h2-12H,20H2,1H3. The number of carbonyl (C=O) groups is 2. The van der Waals surface area contributed by atoms with Crippen molar-refractivity contribution in [3.05, 3.63) is 71.6 Å². The number of benzene rings is 2. The van der Waals surface area contributed by atoms with E-state index in [9.17, 15) is 9.59 Å². The number of hydrogen-bond donors (Lipinski definition) is 1. The van der Waals surface area contributed by atoms with Crippen molar-refractivity contribution < 1.29 is 14.3 Å². The summed E-state index contributed by atoms with van der Waals surface area (Å²) in [5.41, 5.74) is 2.00. The predicted molar refractivity (Wildman–Crippen MR) is 98.5 cm³/mol. The van der Waals surface area contributed by atoms with E-state index in [0.717, 1.165) is 15.4 Å². The van der Waals surface area contributed by atoms with Crippen LogP contribution in [0.25, 0.3) is 10.4 Å². The van der Waals surface area contributed by atoms with Gasteiger partial charge in [0.1, 0.15) is 5.75 Å². The first-order chi connectivity index (χ1) is 12.0. The number of anilines is 1. The molecule has 1 amide bonds. The van der Waals surface area contributed by atoms with Gasteiger partial charge in [0.05, 0.1) is 5.69 Å². The molecular formula is C19H16N2O3S. The Morgan fingerprint density at radius 3 is 2.44 bits per heavy atom. The number of hydrogen-bond acceptors (Lipinski definition) is 5. The fourth-order valence-electron chi connectivity index (χ4n) is 2.34. The van der Waals surface area contributed by atoms with Gasteiger partial charge in [-0.1, -0.05) is 18.2 Å². The first kappa shape index (κ1) is 16.9. The van der Waals surface area contributed by atoms with Crippen molar-refractivity contribution in [3.8, 4) is 16.2 Å². The van der Waals surface area contributed by atoms with Crippen LogP contribution in [0.3, 0.4) is 0 Å². The van der Waals surface area contributed by atoms with Crippen molar-refractivity contribution in [1.29, 1.82) is 0 Å². The summed E-state index contributed by atoms with van der Waals surface area (Å²) >= 11 is 1.62. The summed E-state index contributed by atoms with van der Waals surface area (Å²) in [6.45, 7) is 1.32. The number of carbonyl (C=O) groups excluding carboxylic acids is 2. The molecule has 0 atom stereocenters. The Balaban J connectivity index is 1.80. The molecule has 0 saturated heterocycles. The maximum atomic E-state index is 12.6. The molecule has 3 rings (SSSR count). The van der Waals surface area contributed by atoms with Crippen molar-refractivity contribution in [2.75, 3.05) is 5.01 Å². The zero-order valence-corrected chi connectivity index (χ0v) is 14.3. The second-order valence-electron chi connectivity index (χ2n) is 5.32. The molecule has 0 aliphatic carbocycles. The van der Waals surface area contributed by atoms with E-state index in [1.54, 1.807) is 41.7 Å². The Kier molecular flexibility index (Phi) is 4.92. The summed E-state index contributed by atoms with van der Waals surface area (Å²) < 4.78 is 4.96. The molecule has 0 fully saturated rings. The third-order valence-electron chi connectivity index (χ3n) is 3.51. The van der Waals surface area contributed by atoms with Crippen LogP contribution in [-0.4, -0.2) is 11.9 Å². The van der Waals surface area contributed by atoms with Crippen LogP contribution in [0.1, 0.15) is 17.3 Å². The van der Waals surface area contributed by atoms with E-state index in [2.05, 4.69) is 0 Å². The SMILES string of the molecule is CC(=O)Oc1ccc(C(=O)N(N)c2cccc(-c3cccs3)c2)cc1. The fourth-order valence-corrected chi connectivity index (χ4v) is 3.06. The summed E-state index contributed by atoms with van der Waals surface area (Å²) in [6, 6.07) is 17.7. The van der Waals surface area contributed by atoms with E-state index in [1.165, 1.54) is 6.92 Å². The number of rotatable bonds is 4. The van der Waals surface area contributed by atoms with Gasteiger partial charge in [-0.05, 0) is 53.4 Å². The lowest BCUT2D eigenvalue weighted by molar-refractivity contribution is -0.131. The highest BCUT2D eigenvalue weighted by Crippen LogP contribution is 2.28. The smallest absolute Gasteiger partial charge is 0.308 e. The van der Waals surface area contributed by atoms with Gasteiger partial charge in [-0.2, -0.15) is 0 Å². The molecule has 0 unspecified atom stereocenters. The van der Waals surface area contributed by atoms with Gasteiger partial charge in [-0.15, -0.1) is 11.3 Å². The molecule has 0 aliphatic heterocycles.